The van der Waals surface area contributed by atoms with Crippen molar-refractivity contribution in [2.75, 3.05) is 0 Å². The van der Waals surface area contributed by atoms with Gasteiger partial charge in [0.25, 0.3) is 0 Å². The lowest BCUT2D eigenvalue weighted by molar-refractivity contribution is 1.24. The lowest BCUT2D eigenvalue weighted by atomic mass is 10.4. The van der Waals surface area contributed by atoms with Gasteiger partial charge < -0.3 is 4.98 Å². The van der Waals surface area contributed by atoms with Gasteiger partial charge in [-0.2, -0.15) is 0 Å². The number of nitrogens with zero attached hydrogens (tertiary/aromatic N) is 1. The second-order valence-corrected chi connectivity index (χ2v) is 4.79. The highest BCUT2D eigenvalue weighted by Crippen LogP contribution is 2.28. The number of nitrogens with one attached hydrogen (secondary N) is 1. The first-order valence-electron chi connectivity index (χ1n) is 3.20. The topological polar surface area (TPSA) is 28.7 Å². The van der Waals surface area contributed by atoms with E-state index in [2.05, 4.69) is 47.9 Å². The van der Waals surface area contributed by atoms with Crippen LogP contribution in [-0.4, -0.2) is 9.97 Å². The summed E-state index contributed by atoms with van der Waals surface area (Å²) in [4.78, 5) is 8.34. The van der Waals surface area contributed by atoms with Crippen LogP contribution in [0.25, 0.3) is 10.6 Å². The number of H-pyrrole nitrogens is 1. The maximum Gasteiger partial charge on any atom is 0.174 e. The number of hydrogen-bond donors (Lipinski definition) is 1. The first-order chi connectivity index (χ1) is 5.75. The van der Waals surface area contributed by atoms with E-state index in [1.807, 2.05) is 11.6 Å². The Morgan fingerprint density at radius 3 is 2.75 bits per heavy atom. The summed E-state index contributed by atoms with van der Waals surface area (Å²) >= 11 is 8.34. The van der Waals surface area contributed by atoms with E-state index in [-0.39, 0.29) is 0 Å². The number of hydrogen-bond acceptors (Lipinski definition) is 2. The minimum Gasteiger partial charge on any atom is -0.332 e. The van der Waals surface area contributed by atoms with Gasteiger partial charge in [-0.15, -0.1) is 11.3 Å². The summed E-state index contributed by atoms with van der Waals surface area (Å²) in [5, 5.41) is 2.05. The fourth-order valence-corrected chi connectivity index (χ4v) is 2.59. The molecule has 0 unspecified atom stereocenters. The summed E-state index contributed by atoms with van der Waals surface area (Å²) in [6.45, 7) is 0. The third kappa shape index (κ3) is 1.62. The molecule has 0 amide bonds. The van der Waals surface area contributed by atoms with Crippen molar-refractivity contribution >= 4 is 43.2 Å². The molecule has 2 aromatic heterocycles. The zero-order valence-electron chi connectivity index (χ0n) is 5.84. The highest BCUT2D eigenvalue weighted by molar-refractivity contribution is 9.10. The molecule has 2 aromatic rings. The summed E-state index contributed by atoms with van der Waals surface area (Å²) in [7, 11) is 0. The molecule has 0 atom stereocenters. The average Bonchev–Trinajstić information content (AvgIpc) is 2.58. The van der Waals surface area contributed by atoms with Crippen molar-refractivity contribution in [3.8, 4) is 10.6 Å². The zero-order chi connectivity index (χ0) is 8.55. The highest BCUT2D eigenvalue weighted by atomic mass is 79.9. The van der Waals surface area contributed by atoms with Crippen LogP contribution < -0.4 is 0 Å². The first kappa shape index (κ1) is 8.47. The van der Waals surface area contributed by atoms with Crippen molar-refractivity contribution in [2.45, 2.75) is 0 Å². The predicted octanol–water partition coefficient (Wildman–Crippen LogP) is 3.66. The monoisotopic (exact) mass is 306 g/mol. The van der Waals surface area contributed by atoms with Gasteiger partial charge in [-0.05, 0) is 37.9 Å². The van der Waals surface area contributed by atoms with Gasteiger partial charge in [-0.25, -0.2) is 4.98 Å². The molecule has 0 radical (unpaired) electrons. The van der Waals surface area contributed by atoms with E-state index in [0.29, 0.717) is 0 Å². The maximum absolute atomic E-state index is 4.05. The molecule has 2 nitrogen and oxygen atoms in total. The molecule has 0 aliphatic heterocycles. The van der Waals surface area contributed by atoms with Crippen LogP contribution in [0.3, 0.4) is 0 Å². The quantitative estimate of drug-likeness (QED) is 0.855. The molecule has 0 spiro atoms. The molecule has 0 fully saturated rings. The number of aromatic amines is 1. The van der Waals surface area contributed by atoms with Crippen molar-refractivity contribution in [3.63, 3.8) is 0 Å². The lowest BCUT2D eigenvalue weighted by Crippen LogP contribution is -1.68. The number of rotatable bonds is 1. The lowest BCUT2D eigenvalue weighted by Gasteiger charge is -1.86. The number of aromatic nitrogens is 2. The summed E-state index contributed by atoms with van der Waals surface area (Å²) in [5.74, 6) is 0. The number of halogens is 2. The predicted molar refractivity (Wildman–Crippen MR) is 57.3 cm³/mol. The van der Waals surface area contributed by atoms with Crippen LogP contribution in [0.5, 0.6) is 0 Å². The molecule has 0 aliphatic rings. The number of thiophene rings is 1. The minimum absolute atomic E-state index is 0.766. The molecular formula is C7H4Br2N2S. The van der Waals surface area contributed by atoms with E-state index >= 15 is 0 Å². The van der Waals surface area contributed by atoms with Gasteiger partial charge in [0.1, 0.15) is 0 Å². The Hall–Kier alpha value is -0.130. The van der Waals surface area contributed by atoms with Gasteiger partial charge in [0.15, 0.2) is 4.73 Å². The second kappa shape index (κ2) is 3.32. The summed E-state index contributed by atoms with van der Waals surface area (Å²) in [5.41, 5.74) is 1.04. The minimum atomic E-state index is 0.766. The van der Waals surface area contributed by atoms with E-state index in [9.17, 15) is 0 Å². The normalized spacial score (nSPS) is 10.5. The number of imidazole rings is 1. The molecule has 12 heavy (non-hydrogen) atoms. The molecule has 1 N–H and O–H groups in total. The molecule has 0 aliphatic carbocycles. The molecule has 0 bridgehead atoms. The van der Waals surface area contributed by atoms with Gasteiger partial charge in [-0.3, -0.25) is 0 Å². The van der Waals surface area contributed by atoms with E-state index < -0.39 is 0 Å². The Bertz CT molecular complexity index is 355. The van der Waals surface area contributed by atoms with Crippen molar-refractivity contribution in [1.29, 1.82) is 0 Å². The summed E-state index contributed by atoms with van der Waals surface area (Å²) in [6, 6.07) is 2.06. The Morgan fingerprint density at radius 2 is 2.25 bits per heavy atom. The largest absolute Gasteiger partial charge is 0.332 e. The Labute approximate surface area is 90.3 Å². The third-order valence-electron chi connectivity index (χ3n) is 1.38. The van der Waals surface area contributed by atoms with Gasteiger partial charge in [0.05, 0.1) is 16.8 Å². The molecule has 62 valence electrons. The van der Waals surface area contributed by atoms with Crippen LogP contribution >= 0.6 is 43.2 Å². The molecule has 0 saturated heterocycles. The Kier molecular flexibility index (Phi) is 2.34. The van der Waals surface area contributed by atoms with Crippen LogP contribution in [0.15, 0.2) is 26.8 Å². The van der Waals surface area contributed by atoms with Crippen LogP contribution in [-0.2, 0) is 0 Å². The molecule has 0 saturated carbocycles. The summed E-state index contributed by atoms with van der Waals surface area (Å²) in [6.07, 6.45) is 1.81. The first-order valence-corrected chi connectivity index (χ1v) is 5.67. The van der Waals surface area contributed by atoms with Crippen molar-refractivity contribution < 1.29 is 0 Å². The second-order valence-electron chi connectivity index (χ2n) is 2.22. The van der Waals surface area contributed by atoms with Crippen LogP contribution in [0, 0.1) is 0 Å². The third-order valence-corrected chi connectivity index (χ3v) is 3.51. The SMILES string of the molecule is Brc1csc(-c2cnc(Br)[nH]2)c1. The van der Waals surface area contributed by atoms with E-state index in [0.717, 1.165) is 14.9 Å². The van der Waals surface area contributed by atoms with E-state index in [1.165, 1.54) is 4.88 Å². The van der Waals surface area contributed by atoms with Gasteiger partial charge >= 0.3 is 0 Å². The van der Waals surface area contributed by atoms with Crippen molar-refractivity contribution in [2.24, 2.45) is 0 Å². The van der Waals surface area contributed by atoms with Gasteiger partial charge in [0, 0.05) is 9.85 Å². The average molecular weight is 308 g/mol. The van der Waals surface area contributed by atoms with Crippen LogP contribution in [0.1, 0.15) is 0 Å². The fourth-order valence-electron chi connectivity index (χ4n) is 0.876. The van der Waals surface area contributed by atoms with Crippen molar-refractivity contribution in [3.05, 3.63) is 26.8 Å². The molecule has 5 heteroatoms. The maximum atomic E-state index is 4.05. The zero-order valence-corrected chi connectivity index (χ0v) is 9.83. The molecule has 0 aromatic carbocycles. The van der Waals surface area contributed by atoms with Gasteiger partial charge in [0.2, 0.25) is 0 Å². The standard InChI is InChI=1S/C7H4Br2N2S/c8-4-1-6(12-3-4)5-2-10-7(9)11-5/h1-3H,(H,10,11). The van der Waals surface area contributed by atoms with E-state index in [1.54, 1.807) is 11.3 Å². The Morgan fingerprint density at radius 1 is 1.42 bits per heavy atom. The summed E-state index contributed by atoms with van der Waals surface area (Å²) < 4.78 is 1.87. The smallest absolute Gasteiger partial charge is 0.174 e. The Balaban J connectivity index is 2.43. The molecular weight excluding hydrogens is 304 g/mol. The molecule has 2 rings (SSSR count). The van der Waals surface area contributed by atoms with Crippen molar-refractivity contribution in [1.82, 2.24) is 9.97 Å². The fraction of sp³-hybridized carbons (Fsp3) is 0. The highest BCUT2D eigenvalue weighted by Gasteiger charge is 2.03. The van der Waals surface area contributed by atoms with Gasteiger partial charge in [-0.1, -0.05) is 0 Å². The van der Waals surface area contributed by atoms with Crippen LogP contribution in [0.4, 0.5) is 0 Å². The van der Waals surface area contributed by atoms with E-state index in [4.69, 9.17) is 0 Å². The molecule has 2 heterocycles. The van der Waals surface area contributed by atoms with Crippen LogP contribution in [0.2, 0.25) is 0 Å².